The molecule has 6 nitrogen and oxygen atoms in total. The molecule has 0 aliphatic heterocycles. The normalized spacial score (nSPS) is 11.2. The SMILES string of the molecule is CN(Cc1ccccc1)S(=O)(=O)c1ccc(NC(=S)NC(=O)c2ccc(Cl)cc2Cl)cc1. The largest absolute Gasteiger partial charge is 0.332 e. The number of benzene rings is 3. The summed E-state index contributed by atoms with van der Waals surface area (Å²) in [6, 6.07) is 19.9. The van der Waals surface area contributed by atoms with E-state index in [9.17, 15) is 13.2 Å². The number of hydrogen-bond acceptors (Lipinski definition) is 4. The number of carbonyl (C=O) groups excluding carboxylic acids is 1. The van der Waals surface area contributed by atoms with Crippen molar-refractivity contribution >= 4 is 62.2 Å². The predicted octanol–water partition coefficient (Wildman–Crippen LogP) is 4.94. The molecule has 0 aliphatic rings. The van der Waals surface area contributed by atoms with Crippen molar-refractivity contribution in [3.63, 3.8) is 0 Å². The molecule has 0 fully saturated rings. The number of halogens is 2. The Morgan fingerprint density at radius 1 is 1.00 bits per heavy atom. The fourth-order valence-electron chi connectivity index (χ4n) is 2.82. The van der Waals surface area contributed by atoms with Crippen LogP contribution in [0.5, 0.6) is 0 Å². The lowest BCUT2D eigenvalue weighted by molar-refractivity contribution is 0.0978. The molecular weight excluding hydrogens is 489 g/mol. The van der Waals surface area contributed by atoms with Gasteiger partial charge < -0.3 is 5.32 Å². The second-order valence-corrected chi connectivity index (χ2v) is 10.1. The fraction of sp³-hybridized carbons (Fsp3) is 0.0909. The maximum Gasteiger partial charge on any atom is 0.258 e. The third-order valence-corrected chi connectivity index (χ3v) is 7.04. The topological polar surface area (TPSA) is 78.5 Å². The fourth-order valence-corrected chi connectivity index (χ4v) is 4.69. The molecule has 0 saturated carbocycles. The van der Waals surface area contributed by atoms with E-state index in [0.717, 1.165) is 5.56 Å². The maximum absolute atomic E-state index is 12.8. The predicted molar refractivity (Wildman–Crippen MR) is 132 cm³/mol. The molecule has 0 bridgehead atoms. The van der Waals surface area contributed by atoms with E-state index in [1.807, 2.05) is 30.3 Å². The molecule has 0 aromatic heterocycles. The van der Waals surface area contributed by atoms with Gasteiger partial charge >= 0.3 is 0 Å². The summed E-state index contributed by atoms with van der Waals surface area (Å²) in [4.78, 5) is 12.5. The van der Waals surface area contributed by atoms with Gasteiger partial charge in [-0.15, -0.1) is 0 Å². The molecule has 10 heteroatoms. The van der Waals surface area contributed by atoms with Gasteiger partial charge in [0.1, 0.15) is 0 Å². The number of carbonyl (C=O) groups is 1. The van der Waals surface area contributed by atoms with Crippen LogP contribution in [0.4, 0.5) is 5.69 Å². The number of thiocarbonyl (C=S) groups is 1. The summed E-state index contributed by atoms with van der Waals surface area (Å²) in [5, 5.41) is 6.02. The van der Waals surface area contributed by atoms with E-state index in [-0.39, 0.29) is 27.1 Å². The highest BCUT2D eigenvalue weighted by Gasteiger charge is 2.21. The van der Waals surface area contributed by atoms with Crippen molar-refractivity contribution in [2.45, 2.75) is 11.4 Å². The van der Waals surface area contributed by atoms with Crippen LogP contribution in [0.25, 0.3) is 0 Å². The van der Waals surface area contributed by atoms with Gasteiger partial charge in [-0.3, -0.25) is 10.1 Å². The molecule has 0 saturated heterocycles. The van der Waals surface area contributed by atoms with Gasteiger partial charge in [0.2, 0.25) is 10.0 Å². The van der Waals surface area contributed by atoms with Crippen LogP contribution in [-0.4, -0.2) is 30.8 Å². The third-order valence-electron chi connectivity index (χ3n) is 4.47. The molecule has 166 valence electrons. The number of rotatable bonds is 6. The Balaban J connectivity index is 1.63. The van der Waals surface area contributed by atoms with Gasteiger partial charge in [0.05, 0.1) is 15.5 Å². The molecule has 0 atom stereocenters. The summed E-state index contributed by atoms with van der Waals surface area (Å²) in [5.74, 6) is -0.495. The van der Waals surface area contributed by atoms with E-state index < -0.39 is 15.9 Å². The lowest BCUT2D eigenvalue weighted by Crippen LogP contribution is -2.34. The monoisotopic (exact) mass is 507 g/mol. The number of anilines is 1. The molecule has 0 spiro atoms. The number of hydrogen-bond donors (Lipinski definition) is 2. The highest BCUT2D eigenvalue weighted by Crippen LogP contribution is 2.21. The van der Waals surface area contributed by atoms with Gasteiger partial charge in [0, 0.05) is 24.3 Å². The van der Waals surface area contributed by atoms with Crippen LogP contribution in [0.2, 0.25) is 10.0 Å². The molecule has 0 aliphatic carbocycles. The minimum Gasteiger partial charge on any atom is -0.332 e. The highest BCUT2D eigenvalue weighted by molar-refractivity contribution is 7.89. The minimum atomic E-state index is -3.67. The minimum absolute atomic E-state index is 0.0396. The van der Waals surface area contributed by atoms with Crippen molar-refractivity contribution in [1.82, 2.24) is 9.62 Å². The van der Waals surface area contributed by atoms with Crippen molar-refractivity contribution in [2.24, 2.45) is 0 Å². The molecule has 2 N–H and O–H groups in total. The molecule has 0 radical (unpaired) electrons. The van der Waals surface area contributed by atoms with Crippen LogP contribution < -0.4 is 10.6 Å². The second-order valence-electron chi connectivity index (χ2n) is 6.80. The van der Waals surface area contributed by atoms with Gasteiger partial charge in [-0.05, 0) is 60.2 Å². The summed E-state index contributed by atoms with van der Waals surface area (Å²) < 4.78 is 26.9. The third kappa shape index (κ3) is 6.05. The van der Waals surface area contributed by atoms with Crippen LogP contribution in [0, 0.1) is 0 Å². The van der Waals surface area contributed by atoms with Gasteiger partial charge in [-0.2, -0.15) is 4.31 Å². The van der Waals surface area contributed by atoms with E-state index in [0.29, 0.717) is 10.7 Å². The van der Waals surface area contributed by atoms with E-state index >= 15 is 0 Å². The zero-order valence-electron chi connectivity index (χ0n) is 16.9. The number of nitrogens with zero attached hydrogens (tertiary/aromatic N) is 1. The first kappa shape index (κ1) is 24.2. The first-order chi connectivity index (χ1) is 15.2. The van der Waals surface area contributed by atoms with Crippen LogP contribution in [0.3, 0.4) is 0 Å². The van der Waals surface area contributed by atoms with Crippen molar-refractivity contribution < 1.29 is 13.2 Å². The van der Waals surface area contributed by atoms with Crippen LogP contribution in [0.1, 0.15) is 15.9 Å². The Morgan fingerprint density at radius 2 is 1.66 bits per heavy atom. The second kappa shape index (κ2) is 10.4. The zero-order valence-corrected chi connectivity index (χ0v) is 20.0. The van der Waals surface area contributed by atoms with Crippen molar-refractivity contribution in [3.05, 3.63) is 94.0 Å². The average molecular weight is 508 g/mol. The Hall–Kier alpha value is -2.49. The number of sulfonamides is 1. The van der Waals surface area contributed by atoms with Crippen molar-refractivity contribution in [1.29, 1.82) is 0 Å². The Bertz CT molecular complexity index is 1240. The van der Waals surface area contributed by atoms with Crippen LogP contribution in [-0.2, 0) is 16.6 Å². The molecule has 3 aromatic carbocycles. The summed E-state index contributed by atoms with van der Waals surface area (Å²) in [6.45, 7) is 0.256. The van der Waals surface area contributed by atoms with Crippen LogP contribution in [0.15, 0.2) is 77.7 Å². The van der Waals surface area contributed by atoms with Crippen molar-refractivity contribution in [3.8, 4) is 0 Å². The van der Waals surface area contributed by atoms with E-state index in [1.165, 1.54) is 35.6 Å². The Labute approximate surface area is 202 Å². The standard InChI is InChI=1S/C22H19Cl2N3O3S2/c1-27(14-15-5-3-2-4-6-15)32(29,30)18-10-8-17(9-11-18)25-22(31)26-21(28)19-12-7-16(23)13-20(19)24/h2-13H,14H2,1H3,(H2,25,26,28,31). The lowest BCUT2D eigenvalue weighted by atomic mass is 10.2. The van der Waals surface area contributed by atoms with Gasteiger partial charge in [0.15, 0.2) is 5.11 Å². The molecule has 32 heavy (non-hydrogen) atoms. The molecule has 1 amide bonds. The Kier molecular flexibility index (Phi) is 7.86. The summed E-state index contributed by atoms with van der Waals surface area (Å²) in [5.41, 5.74) is 1.63. The number of nitrogens with one attached hydrogen (secondary N) is 2. The zero-order chi connectivity index (χ0) is 23.3. The smallest absolute Gasteiger partial charge is 0.258 e. The van der Waals surface area contributed by atoms with Gasteiger partial charge in [-0.25, -0.2) is 8.42 Å². The first-order valence-corrected chi connectivity index (χ1v) is 11.9. The quantitative estimate of drug-likeness (QED) is 0.462. The summed E-state index contributed by atoms with van der Waals surface area (Å²) >= 11 is 17.0. The van der Waals surface area contributed by atoms with E-state index in [2.05, 4.69) is 10.6 Å². The summed E-state index contributed by atoms with van der Waals surface area (Å²) in [6.07, 6.45) is 0. The summed E-state index contributed by atoms with van der Waals surface area (Å²) in [7, 11) is -2.14. The van der Waals surface area contributed by atoms with E-state index in [1.54, 1.807) is 18.2 Å². The first-order valence-electron chi connectivity index (χ1n) is 9.34. The highest BCUT2D eigenvalue weighted by atomic mass is 35.5. The lowest BCUT2D eigenvalue weighted by Gasteiger charge is -2.18. The molecule has 0 unspecified atom stereocenters. The molecule has 3 aromatic rings. The van der Waals surface area contributed by atoms with Crippen molar-refractivity contribution in [2.75, 3.05) is 12.4 Å². The van der Waals surface area contributed by atoms with Gasteiger partial charge in [-0.1, -0.05) is 53.5 Å². The maximum atomic E-state index is 12.8. The average Bonchev–Trinajstić information content (AvgIpc) is 2.74. The molecular formula is C22H19Cl2N3O3S2. The Morgan fingerprint density at radius 3 is 2.28 bits per heavy atom. The van der Waals surface area contributed by atoms with E-state index in [4.69, 9.17) is 35.4 Å². The molecule has 0 heterocycles. The molecule has 3 rings (SSSR count). The number of amides is 1. The van der Waals surface area contributed by atoms with Gasteiger partial charge in [0.25, 0.3) is 5.91 Å². The van der Waals surface area contributed by atoms with Crippen LogP contribution >= 0.6 is 35.4 Å².